The van der Waals surface area contributed by atoms with Crippen molar-refractivity contribution in [1.29, 1.82) is 0 Å². The standard InChI is InChI=1S/C27H43N3O7/c1-17(2)16-23(18(3)32)29(5)26(35)22-13-8-14-30(22)25(34)19(4)37-27(36)21(12-9-15-31)28-24(33)20-10-6-7-11-20/h15,17,19-23H,6-14,16H2,1-5H3,(H,28,33)/t19-,21-,22-,23-/m0/s1. The zero-order chi connectivity index (χ0) is 27.7. The van der Waals surface area contributed by atoms with E-state index in [0.29, 0.717) is 32.1 Å². The molecule has 1 N–H and O–H groups in total. The van der Waals surface area contributed by atoms with Crippen LogP contribution >= 0.6 is 0 Å². The Bertz CT molecular complexity index is 853. The average molecular weight is 522 g/mol. The van der Waals surface area contributed by atoms with Crippen molar-refractivity contribution in [3.8, 4) is 0 Å². The van der Waals surface area contributed by atoms with E-state index in [1.807, 2.05) is 13.8 Å². The number of aldehydes is 1. The molecular weight excluding hydrogens is 478 g/mol. The molecule has 37 heavy (non-hydrogen) atoms. The first-order chi connectivity index (χ1) is 17.5. The average Bonchev–Trinajstić information content (AvgIpc) is 3.55. The Morgan fingerprint density at radius 3 is 2.27 bits per heavy atom. The van der Waals surface area contributed by atoms with Gasteiger partial charge in [-0.15, -0.1) is 0 Å². The van der Waals surface area contributed by atoms with Crippen molar-refractivity contribution in [2.75, 3.05) is 13.6 Å². The number of rotatable bonds is 13. The number of hydrogen-bond acceptors (Lipinski definition) is 7. The minimum atomic E-state index is -1.17. The number of nitrogens with one attached hydrogen (secondary N) is 1. The van der Waals surface area contributed by atoms with Gasteiger partial charge in [-0.25, -0.2) is 4.79 Å². The number of hydrogen-bond donors (Lipinski definition) is 1. The van der Waals surface area contributed by atoms with Crippen molar-refractivity contribution in [2.24, 2.45) is 11.8 Å². The smallest absolute Gasteiger partial charge is 0.329 e. The molecule has 1 aliphatic heterocycles. The molecule has 2 fully saturated rings. The van der Waals surface area contributed by atoms with Gasteiger partial charge in [-0.3, -0.25) is 19.2 Å². The zero-order valence-electron chi connectivity index (χ0n) is 22.9. The van der Waals surface area contributed by atoms with Crippen LogP contribution in [0.5, 0.6) is 0 Å². The van der Waals surface area contributed by atoms with Gasteiger partial charge < -0.3 is 24.6 Å². The van der Waals surface area contributed by atoms with Crippen LogP contribution in [-0.2, 0) is 33.5 Å². The van der Waals surface area contributed by atoms with Crippen LogP contribution in [0.1, 0.15) is 85.5 Å². The number of Topliss-reactive ketones (excluding diaryl/α,β-unsaturated/α-hetero) is 1. The number of carbonyl (C=O) groups excluding carboxylic acids is 6. The highest BCUT2D eigenvalue weighted by molar-refractivity contribution is 5.94. The van der Waals surface area contributed by atoms with Gasteiger partial charge in [0.05, 0.1) is 6.04 Å². The van der Waals surface area contributed by atoms with Crippen LogP contribution in [0.4, 0.5) is 0 Å². The summed E-state index contributed by atoms with van der Waals surface area (Å²) in [4.78, 5) is 77.9. The second kappa shape index (κ2) is 14.2. The third-order valence-corrected chi connectivity index (χ3v) is 7.34. The van der Waals surface area contributed by atoms with Crippen LogP contribution < -0.4 is 5.32 Å². The summed E-state index contributed by atoms with van der Waals surface area (Å²) >= 11 is 0. The Hall–Kier alpha value is -2.78. The van der Waals surface area contributed by atoms with Crippen LogP contribution in [0.3, 0.4) is 0 Å². The quantitative estimate of drug-likeness (QED) is 0.290. The van der Waals surface area contributed by atoms with Crippen molar-refractivity contribution in [2.45, 2.75) is 110 Å². The molecule has 0 unspecified atom stereocenters. The molecule has 2 rings (SSSR count). The van der Waals surface area contributed by atoms with E-state index in [4.69, 9.17) is 4.74 Å². The molecule has 1 aliphatic carbocycles. The molecule has 0 radical (unpaired) electrons. The fraction of sp³-hybridized carbons (Fsp3) is 0.778. The lowest BCUT2D eigenvalue weighted by atomic mass is 9.99. The first kappa shape index (κ1) is 30.4. The van der Waals surface area contributed by atoms with E-state index in [1.54, 1.807) is 7.05 Å². The maximum Gasteiger partial charge on any atom is 0.329 e. The normalized spacial score (nSPS) is 20.3. The minimum Gasteiger partial charge on any atom is -0.451 e. The highest BCUT2D eigenvalue weighted by atomic mass is 16.5. The van der Waals surface area contributed by atoms with Crippen molar-refractivity contribution < 1.29 is 33.5 Å². The summed E-state index contributed by atoms with van der Waals surface area (Å²) in [5.41, 5.74) is 0. The number of esters is 1. The molecule has 0 aromatic rings. The Labute approximate surface area is 219 Å². The summed E-state index contributed by atoms with van der Waals surface area (Å²) in [5.74, 6) is -1.88. The van der Waals surface area contributed by atoms with Gasteiger partial charge in [-0.2, -0.15) is 0 Å². The Balaban J connectivity index is 2.05. The number of likely N-dealkylation sites (N-methyl/N-ethyl adjacent to an activating group) is 1. The van der Waals surface area contributed by atoms with E-state index in [0.717, 1.165) is 25.7 Å². The van der Waals surface area contributed by atoms with Gasteiger partial charge in [0.2, 0.25) is 11.8 Å². The van der Waals surface area contributed by atoms with Crippen molar-refractivity contribution in [1.82, 2.24) is 15.1 Å². The number of ether oxygens (including phenoxy) is 1. The van der Waals surface area contributed by atoms with E-state index in [2.05, 4.69) is 5.32 Å². The second-order valence-corrected chi connectivity index (χ2v) is 10.8. The third kappa shape index (κ3) is 8.36. The van der Waals surface area contributed by atoms with Gasteiger partial charge in [0, 0.05) is 25.9 Å². The van der Waals surface area contributed by atoms with Crippen LogP contribution in [0, 0.1) is 11.8 Å². The molecule has 208 valence electrons. The van der Waals surface area contributed by atoms with Gasteiger partial charge in [0.1, 0.15) is 18.4 Å². The zero-order valence-corrected chi connectivity index (χ0v) is 22.9. The molecule has 1 saturated heterocycles. The van der Waals surface area contributed by atoms with Gasteiger partial charge >= 0.3 is 5.97 Å². The summed E-state index contributed by atoms with van der Waals surface area (Å²) in [5, 5.41) is 2.70. The van der Waals surface area contributed by atoms with E-state index < -0.39 is 36.1 Å². The molecule has 0 aromatic carbocycles. The van der Waals surface area contributed by atoms with Gasteiger partial charge in [-0.1, -0.05) is 26.7 Å². The highest BCUT2D eigenvalue weighted by Gasteiger charge is 2.40. The van der Waals surface area contributed by atoms with Crippen molar-refractivity contribution in [3.63, 3.8) is 0 Å². The predicted molar refractivity (Wildman–Crippen MR) is 136 cm³/mol. The highest BCUT2D eigenvalue weighted by Crippen LogP contribution is 2.25. The predicted octanol–water partition coefficient (Wildman–Crippen LogP) is 2.03. The van der Waals surface area contributed by atoms with E-state index in [-0.39, 0.29) is 42.3 Å². The summed E-state index contributed by atoms with van der Waals surface area (Å²) in [6, 6.07) is -2.33. The lowest BCUT2D eigenvalue weighted by Crippen LogP contribution is -2.53. The monoisotopic (exact) mass is 521 g/mol. The van der Waals surface area contributed by atoms with Crippen molar-refractivity contribution >= 4 is 35.8 Å². The summed E-state index contributed by atoms with van der Waals surface area (Å²) in [6.45, 7) is 7.20. The Morgan fingerprint density at radius 1 is 1.05 bits per heavy atom. The topological polar surface area (TPSA) is 130 Å². The van der Waals surface area contributed by atoms with Gasteiger partial charge in [-0.05, 0) is 58.3 Å². The third-order valence-electron chi connectivity index (χ3n) is 7.34. The Kier molecular flexibility index (Phi) is 11.7. The van der Waals surface area contributed by atoms with E-state index in [9.17, 15) is 28.8 Å². The number of likely N-dealkylation sites (tertiary alicyclic amines) is 1. The first-order valence-corrected chi connectivity index (χ1v) is 13.5. The molecule has 0 aromatic heterocycles. The summed E-state index contributed by atoms with van der Waals surface area (Å²) in [7, 11) is 1.59. The van der Waals surface area contributed by atoms with Crippen LogP contribution in [0.25, 0.3) is 0 Å². The molecule has 4 atom stereocenters. The molecule has 10 heteroatoms. The van der Waals surface area contributed by atoms with E-state index >= 15 is 0 Å². The lowest BCUT2D eigenvalue weighted by Gasteiger charge is -2.33. The molecule has 2 aliphatic rings. The fourth-order valence-corrected chi connectivity index (χ4v) is 5.22. The number of amides is 3. The van der Waals surface area contributed by atoms with Gasteiger partial charge in [0.25, 0.3) is 5.91 Å². The molecule has 3 amide bonds. The maximum absolute atomic E-state index is 13.3. The van der Waals surface area contributed by atoms with Crippen LogP contribution in [-0.4, -0.2) is 83.4 Å². The molecule has 0 spiro atoms. The minimum absolute atomic E-state index is 0.0652. The molecule has 10 nitrogen and oxygen atoms in total. The van der Waals surface area contributed by atoms with Gasteiger partial charge in [0.15, 0.2) is 11.9 Å². The van der Waals surface area contributed by atoms with Crippen molar-refractivity contribution in [3.05, 3.63) is 0 Å². The fourth-order valence-electron chi connectivity index (χ4n) is 5.22. The lowest BCUT2D eigenvalue weighted by molar-refractivity contribution is -0.163. The summed E-state index contributed by atoms with van der Waals surface area (Å²) in [6.07, 6.45) is 4.69. The van der Waals surface area contributed by atoms with Crippen LogP contribution in [0.2, 0.25) is 0 Å². The molecule has 0 bridgehead atoms. The summed E-state index contributed by atoms with van der Waals surface area (Å²) < 4.78 is 5.43. The largest absolute Gasteiger partial charge is 0.451 e. The number of carbonyl (C=O) groups is 6. The second-order valence-electron chi connectivity index (χ2n) is 10.8. The molecule has 1 saturated carbocycles. The molecular formula is C27H43N3O7. The number of nitrogens with zero attached hydrogens (tertiary/aromatic N) is 2. The Morgan fingerprint density at radius 2 is 1.70 bits per heavy atom. The number of ketones is 1. The SMILES string of the molecule is CC(=O)[C@H](CC(C)C)N(C)C(=O)[C@@H]1CCCN1C(=O)[C@H](C)OC(=O)[C@H](CCC=O)NC(=O)C1CCCC1. The van der Waals surface area contributed by atoms with E-state index in [1.165, 1.54) is 23.6 Å². The van der Waals surface area contributed by atoms with Crippen LogP contribution in [0.15, 0.2) is 0 Å². The molecule has 1 heterocycles. The maximum atomic E-state index is 13.3. The first-order valence-electron chi connectivity index (χ1n) is 13.5.